The van der Waals surface area contributed by atoms with Crippen molar-refractivity contribution in [3.8, 4) is 11.4 Å². The summed E-state index contributed by atoms with van der Waals surface area (Å²) in [5.41, 5.74) is 3.21. The molecule has 0 bridgehead atoms. The van der Waals surface area contributed by atoms with Crippen molar-refractivity contribution in [1.82, 2.24) is 19.1 Å². The third-order valence-corrected chi connectivity index (χ3v) is 5.95. The van der Waals surface area contributed by atoms with Gasteiger partial charge in [0.05, 0.1) is 28.5 Å². The summed E-state index contributed by atoms with van der Waals surface area (Å²) in [6.45, 7) is 6.69. The first-order valence-electron chi connectivity index (χ1n) is 11.2. The Morgan fingerprint density at radius 2 is 1.49 bits per heavy atom. The van der Waals surface area contributed by atoms with Crippen LogP contribution in [0.25, 0.3) is 11.4 Å². The summed E-state index contributed by atoms with van der Waals surface area (Å²) in [4.78, 5) is 38.9. The van der Waals surface area contributed by atoms with Gasteiger partial charge in [-0.15, -0.1) is 0 Å². The molecule has 4 rings (SSSR count). The predicted octanol–water partition coefficient (Wildman–Crippen LogP) is 3.47. The van der Waals surface area contributed by atoms with Crippen molar-refractivity contribution in [1.29, 1.82) is 0 Å². The van der Waals surface area contributed by atoms with E-state index in [4.69, 9.17) is 4.74 Å². The molecular formula is C26H27N5O4. The van der Waals surface area contributed by atoms with Gasteiger partial charge >= 0.3 is 5.97 Å². The number of esters is 1. The number of para-hydroxylation sites is 2. The van der Waals surface area contributed by atoms with Gasteiger partial charge in [-0.3, -0.25) is 14.3 Å². The van der Waals surface area contributed by atoms with E-state index in [1.165, 1.54) is 11.6 Å². The van der Waals surface area contributed by atoms with E-state index in [1.54, 1.807) is 49.3 Å². The summed E-state index contributed by atoms with van der Waals surface area (Å²) in [7, 11) is 1.73. The van der Waals surface area contributed by atoms with Gasteiger partial charge < -0.3 is 10.1 Å². The molecule has 0 spiro atoms. The minimum Gasteiger partial charge on any atom is -0.449 e. The van der Waals surface area contributed by atoms with E-state index in [0.717, 1.165) is 5.69 Å². The maximum absolute atomic E-state index is 13.0. The number of aryl methyl sites for hydroxylation is 1. The van der Waals surface area contributed by atoms with Crippen molar-refractivity contribution in [2.75, 3.05) is 5.32 Å². The average Bonchev–Trinajstić information content (AvgIpc) is 3.26. The Balaban J connectivity index is 1.53. The Labute approximate surface area is 202 Å². The number of hydrogen-bond donors (Lipinski definition) is 1. The number of carbonyl (C=O) groups is 2. The smallest absolute Gasteiger partial charge is 0.342 e. The fraction of sp³-hybridized carbons (Fsp3) is 0.231. The van der Waals surface area contributed by atoms with Crippen LogP contribution in [0, 0.1) is 20.8 Å². The molecule has 2 aromatic heterocycles. The molecule has 0 saturated heterocycles. The third kappa shape index (κ3) is 4.40. The zero-order valence-corrected chi connectivity index (χ0v) is 20.3. The molecule has 1 N–H and O–H groups in total. The maximum atomic E-state index is 13.0. The van der Waals surface area contributed by atoms with Gasteiger partial charge in [0.25, 0.3) is 11.5 Å². The molecule has 0 aliphatic heterocycles. The Kier molecular flexibility index (Phi) is 6.42. The van der Waals surface area contributed by atoms with E-state index in [1.807, 2.05) is 48.5 Å². The van der Waals surface area contributed by atoms with E-state index in [2.05, 4.69) is 10.4 Å². The largest absolute Gasteiger partial charge is 0.449 e. The van der Waals surface area contributed by atoms with Gasteiger partial charge in [-0.25, -0.2) is 14.2 Å². The van der Waals surface area contributed by atoms with Crippen LogP contribution in [0.5, 0.6) is 0 Å². The van der Waals surface area contributed by atoms with E-state index in [0.29, 0.717) is 28.3 Å². The predicted molar refractivity (Wildman–Crippen MR) is 132 cm³/mol. The maximum Gasteiger partial charge on any atom is 0.342 e. The second-order valence-corrected chi connectivity index (χ2v) is 8.27. The number of nitrogens with one attached hydrogen (secondary N) is 1. The molecule has 9 heteroatoms. The van der Waals surface area contributed by atoms with Gasteiger partial charge in [-0.05, 0) is 52.0 Å². The van der Waals surface area contributed by atoms with Gasteiger partial charge in [0.1, 0.15) is 11.3 Å². The van der Waals surface area contributed by atoms with Crippen LogP contribution in [0.2, 0.25) is 0 Å². The Morgan fingerprint density at radius 1 is 0.914 bits per heavy atom. The number of benzene rings is 2. The van der Waals surface area contributed by atoms with Crippen molar-refractivity contribution in [2.24, 2.45) is 7.05 Å². The molecule has 2 heterocycles. The number of rotatable bonds is 6. The van der Waals surface area contributed by atoms with Crippen LogP contribution in [-0.4, -0.2) is 37.1 Å². The molecule has 0 fully saturated rings. The quantitative estimate of drug-likeness (QED) is 0.432. The van der Waals surface area contributed by atoms with Crippen LogP contribution in [0.3, 0.4) is 0 Å². The molecule has 1 unspecified atom stereocenters. The van der Waals surface area contributed by atoms with E-state index in [9.17, 15) is 14.4 Å². The lowest BCUT2D eigenvalue weighted by atomic mass is 10.2. The van der Waals surface area contributed by atoms with Crippen LogP contribution >= 0.6 is 0 Å². The van der Waals surface area contributed by atoms with Gasteiger partial charge in [-0.1, -0.05) is 36.4 Å². The van der Waals surface area contributed by atoms with Gasteiger partial charge in [0, 0.05) is 7.05 Å². The van der Waals surface area contributed by atoms with Crippen molar-refractivity contribution >= 4 is 17.6 Å². The molecule has 1 atom stereocenters. The van der Waals surface area contributed by atoms with Crippen LogP contribution in [0.15, 0.2) is 65.5 Å². The third-order valence-electron chi connectivity index (χ3n) is 5.95. The van der Waals surface area contributed by atoms with Crippen LogP contribution in [0.1, 0.15) is 34.4 Å². The monoisotopic (exact) mass is 473 g/mol. The molecule has 0 saturated carbocycles. The van der Waals surface area contributed by atoms with Crippen LogP contribution < -0.4 is 10.9 Å². The minimum atomic E-state index is -1.13. The Bertz CT molecular complexity index is 1450. The zero-order chi connectivity index (χ0) is 25.3. The highest BCUT2D eigenvalue weighted by Gasteiger charge is 2.27. The average molecular weight is 474 g/mol. The number of amides is 1. The lowest BCUT2D eigenvalue weighted by Crippen LogP contribution is -2.32. The molecule has 35 heavy (non-hydrogen) atoms. The summed E-state index contributed by atoms with van der Waals surface area (Å²) in [5.74, 6) is -1.26. The normalized spacial score (nSPS) is 11.8. The first-order chi connectivity index (χ1) is 16.7. The SMILES string of the molecule is Cc1nn(-c2ccccc2)c(C)c1C(=O)OC(C)C(=O)Nc1c(C)n(C)n(-c2ccccc2)c1=O. The topological polar surface area (TPSA) is 100 Å². The second kappa shape index (κ2) is 9.46. The van der Waals surface area contributed by atoms with Crippen LogP contribution in [0.4, 0.5) is 5.69 Å². The lowest BCUT2D eigenvalue weighted by molar-refractivity contribution is -0.123. The fourth-order valence-corrected chi connectivity index (χ4v) is 3.97. The molecule has 2 aromatic carbocycles. The highest BCUT2D eigenvalue weighted by atomic mass is 16.5. The van der Waals surface area contributed by atoms with Gasteiger partial charge in [-0.2, -0.15) is 5.10 Å². The van der Waals surface area contributed by atoms with Gasteiger partial charge in [0.2, 0.25) is 0 Å². The first kappa shape index (κ1) is 23.7. The summed E-state index contributed by atoms with van der Waals surface area (Å²) in [5, 5.41) is 7.09. The standard InChI is InChI=1S/C26H27N5O4/c1-16-22(17(2)30(28-16)20-12-8-6-9-13-20)26(34)35-19(4)24(32)27-23-18(3)29(5)31(25(23)33)21-14-10-7-11-15-21/h6-15,19H,1-5H3,(H,27,32). The molecule has 1 amide bonds. The molecule has 0 aliphatic rings. The number of hydrogen-bond acceptors (Lipinski definition) is 5. The molecule has 0 radical (unpaired) electrons. The molecule has 4 aromatic rings. The van der Waals surface area contributed by atoms with E-state index < -0.39 is 18.0 Å². The summed E-state index contributed by atoms with van der Waals surface area (Å²) < 4.78 is 10.3. The Hall–Kier alpha value is -4.40. The number of anilines is 1. The highest BCUT2D eigenvalue weighted by Crippen LogP contribution is 2.20. The van der Waals surface area contributed by atoms with Crippen molar-refractivity contribution < 1.29 is 14.3 Å². The lowest BCUT2D eigenvalue weighted by Gasteiger charge is -2.13. The fourth-order valence-electron chi connectivity index (χ4n) is 3.97. The number of nitrogens with zero attached hydrogens (tertiary/aromatic N) is 4. The summed E-state index contributed by atoms with van der Waals surface area (Å²) in [6.07, 6.45) is -1.13. The highest BCUT2D eigenvalue weighted by molar-refractivity contribution is 5.98. The number of ether oxygens (including phenoxy) is 1. The van der Waals surface area contributed by atoms with Crippen LogP contribution in [-0.2, 0) is 16.6 Å². The first-order valence-corrected chi connectivity index (χ1v) is 11.2. The van der Waals surface area contributed by atoms with Gasteiger partial charge in [0.15, 0.2) is 6.10 Å². The van der Waals surface area contributed by atoms with E-state index in [-0.39, 0.29) is 11.2 Å². The summed E-state index contributed by atoms with van der Waals surface area (Å²) >= 11 is 0. The zero-order valence-electron chi connectivity index (χ0n) is 20.3. The van der Waals surface area contributed by atoms with E-state index >= 15 is 0 Å². The molecule has 0 aliphatic carbocycles. The van der Waals surface area contributed by atoms with Crippen molar-refractivity contribution in [2.45, 2.75) is 33.8 Å². The molecular weight excluding hydrogens is 446 g/mol. The molecule has 9 nitrogen and oxygen atoms in total. The second-order valence-electron chi connectivity index (χ2n) is 8.27. The summed E-state index contributed by atoms with van der Waals surface area (Å²) in [6, 6.07) is 18.5. The number of aromatic nitrogens is 4. The minimum absolute atomic E-state index is 0.133. The van der Waals surface area contributed by atoms with Crippen molar-refractivity contribution in [3.63, 3.8) is 0 Å². The van der Waals surface area contributed by atoms with Crippen molar-refractivity contribution in [3.05, 3.63) is 93.7 Å². The molecule has 180 valence electrons. The Morgan fingerprint density at radius 3 is 2.09 bits per heavy atom. The number of carbonyl (C=O) groups excluding carboxylic acids is 2.